The fourth-order valence-corrected chi connectivity index (χ4v) is 11.6. The fourth-order valence-electron chi connectivity index (χ4n) is 11.6. The van der Waals surface area contributed by atoms with Crippen LogP contribution in [0.5, 0.6) is 23.0 Å². The summed E-state index contributed by atoms with van der Waals surface area (Å²) in [5.74, 6) is 0.0341. The van der Waals surface area contributed by atoms with Gasteiger partial charge in [0.15, 0.2) is 12.2 Å². The molecule has 2 aromatic heterocycles. The van der Waals surface area contributed by atoms with Crippen LogP contribution in [0.25, 0.3) is 44.1 Å². The number of aliphatic hydroxyl groups is 2. The van der Waals surface area contributed by atoms with E-state index >= 15 is 8.78 Å². The van der Waals surface area contributed by atoms with Crippen molar-refractivity contribution in [3.05, 3.63) is 228 Å². The molecule has 0 radical (unpaired) electrons. The number of phenolic OH excluding ortho intramolecular Hbond substituents is 2. The maximum absolute atomic E-state index is 15.6. The number of ether oxygens (including phenoxy) is 2. The van der Waals surface area contributed by atoms with Gasteiger partial charge >= 0.3 is 0 Å². The van der Waals surface area contributed by atoms with Crippen LogP contribution in [0.15, 0.2) is 146 Å². The summed E-state index contributed by atoms with van der Waals surface area (Å²) in [6.45, 7) is 24.4. The summed E-state index contributed by atoms with van der Waals surface area (Å²) >= 11 is 0. The number of para-hydroxylation sites is 2. The van der Waals surface area contributed by atoms with Crippen molar-refractivity contribution in [2.45, 2.75) is 102 Å². The Balaban J connectivity index is 0.00000323. The average molecular weight is 1180 g/mol. The molecule has 0 amide bonds. The summed E-state index contributed by atoms with van der Waals surface area (Å²) in [4.78, 5) is 14.3. The van der Waals surface area contributed by atoms with Crippen LogP contribution in [0.4, 0.5) is 42.9 Å². The minimum Gasteiger partial charge on any atom is -0.580 e. The van der Waals surface area contributed by atoms with Gasteiger partial charge in [-0.05, 0) is 169 Å². The topological polar surface area (TPSA) is 98.3 Å². The van der Waals surface area contributed by atoms with Gasteiger partial charge in [0.25, 0.3) is 11.5 Å². The van der Waals surface area contributed by atoms with E-state index in [1.807, 2.05) is 96.1 Å². The van der Waals surface area contributed by atoms with Gasteiger partial charge in [0.05, 0.1) is 56.3 Å². The standard InChI is InChI=1S/C69H66F2N4O4.2CH3.Zr/c1-38-27-42(5)67(43(6)28-38)74(58-17-13-15-50-21-19-46(9)72-65(50)58)60-37-62(76)54(33-41(60)4)55-35-52(70)23-25-63(55)78-48(11)34-49(12)79-64-26-24-53(71)36-56(64)57-31-40(3)32-61(69(57)77)75(68-44(7)29-39(2)30-45(68)8)59-18-14-16-51-22-20-47(10)73-66(51)59;;;/h13-33,35-37,48-49,76-77H,34H2,1-12H3;2*1H3;/q;2*-1;/p+2/t48-,49+;;;/m0.../s1. The number of fused-ring (bicyclic) bond motifs is 2. The molecule has 0 aliphatic carbocycles. The molecule has 0 saturated heterocycles. The van der Waals surface area contributed by atoms with Crippen molar-refractivity contribution in [1.82, 2.24) is 9.97 Å². The monoisotopic (exact) mass is 1170 g/mol. The number of aromatic hydroxyl groups is 4. The first-order chi connectivity index (χ1) is 37.7. The fraction of sp³-hybridized carbons (Fsp3) is 0.211. The zero-order valence-corrected chi connectivity index (χ0v) is 52.0. The Bertz CT molecular complexity index is 3980. The summed E-state index contributed by atoms with van der Waals surface area (Å²) in [6, 6.07) is 45.3. The number of nitrogens with zero attached hydrogens (tertiary/aromatic N) is 4. The largest absolute Gasteiger partial charge is 0.580 e. The second-order valence-electron chi connectivity index (χ2n) is 21.6. The number of anilines is 6. The van der Waals surface area contributed by atoms with E-state index in [1.165, 1.54) is 24.3 Å². The van der Waals surface area contributed by atoms with Crippen molar-refractivity contribution in [2.75, 3.05) is 9.80 Å². The summed E-state index contributed by atoms with van der Waals surface area (Å²) in [5.41, 5.74) is 18.1. The third-order valence-electron chi connectivity index (χ3n) is 14.8. The number of hydrogen-bond donors (Lipinski definition) is 2. The van der Waals surface area contributed by atoms with Gasteiger partial charge in [-0.25, -0.2) is 8.78 Å². The van der Waals surface area contributed by atoms with Crippen LogP contribution in [0.2, 0.25) is 0 Å². The Labute approximate surface area is 502 Å². The average Bonchev–Trinajstić information content (AvgIpc) is 3.39. The van der Waals surface area contributed by atoms with Crippen LogP contribution >= 0.6 is 0 Å². The normalized spacial score (nSPS) is 11.8. The van der Waals surface area contributed by atoms with Crippen molar-refractivity contribution < 1.29 is 54.7 Å². The van der Waals surface area contributed by atoms with E-state index in [4.69, 9.17) is 19.4 Å². The molecule has 420 valence electrons. The molecule has 82 heavy (non-hydrogen) atoms. The number of rotatable bonds is 14. The summed E-state index contributed by atoms with van der Waals surface area (Å²) in [7, 11) is 0. The number of benzene rings is 8. The molecule has 0 saturated carbocycles. The second kappa shape index (κ2) is 25.1. The van der Waals surface area contributed by atoms with Gasteiger partial charge < -0.3 is 44.3 Å². The Hall–Kier alpha value is -7.88. The van der Waals surface area contributed by atoms with E-state index in [0.29, 0.717) is 45.9 Å². The van der Waals surface area contributed by atoms with Crippen LogP contribution in [-0.4, -0.2) is 41.9 Å². The number of halogens is 2. The van der Waals surface area contributed by atoms with Crippen molar-refractivity contribution in [1.29, 1.82) is 0 Å². The zero-order valence-electron chi connectivity index (χ0n) is 49.6. The number of phenols is 2. The maximum atomic E-state index is 15.6. The smallest absolute Gasteiger partial charge is 0.263 e. The Kier molecular flexibility index (Phi) is 18.9. The van der Waals surface area contributed by atoms with Gasteiger partial charge in [0.1, 0.15) is 29.6 Å². The second-order valence-corrected chi connectivity index (χ2v) is 21.6. The molecule has 0 fully saturated rings. The zero-order chi connectivity index (χ0) is 56.1. The van der Waals surface area contributed by atoms with Gasteiger partial charge in [0.2, 0.25) is 0 Å². The van der Waals surface area contributed by atoms with Crippen LogP contribution in [0, 0.1) is 95.7 Å². The molecule has 0 spiro atoms. The number of aryl methyl sites for hydroxylation is 10. The molecular formula is C71H74F2N4O4Zr. The van der Waals surface area contributed by atoms with Crippen LogP contribution in [0.3, 0.4) is 0 Å². The number of aromatic nitrogens is 2. The number of pyridine rings is 2. The third kappa shape index (κ3) is 12.3. The van der Waals surface area contributed by atoms with Gasteiger partial charge in [-0.1, -0.05) is 71.8 Å². The first-order valence-corrected chi connectivity index (χ1v) is 26.9. The summed E-state index contributed by atoms with van der Waals surface area (Å²) in [6.07, 6.45) is -0.191. The molecule has 0 bridgehead atoms. The van der Waals surface area contributed by atoms with E-state index in [1.54, 1.807) is 18.2 Å². The maximum Gasteiger partial charge on any atom is 0.263 e. The summed E-state index contributed by atoms with van der Waals surface area (Å²) in [5, 5.41) is 26.8. The molecule has 2 heterocycles. The van der Waals surface area contributed by atoms with Crippen LogP contribution < -0.4 is 9.80 Å². The van der Waals surface area contributed by atoms with Gasteiger partial charge in [-0.2, -0.15) is 0 Å². The van der Waals surface area contributed by atoms with Gasteiger partial charge in [-0.3, -0.25) is 9.97 Å². The Morgan fingerprint density at radius 1 is 0.439 bits per heavy atom. The molecule has 4 N–H and O–H groups in total. The molecule has 10 aromatic rings. The summed E-state index contributed by atoms with van der Waals surface area (Å²) < 4.78 is 41.3. The van der Waals surface area contributed by atoms with Crippen LogP contribution in [-0.2, 0) is 26.2 Å². The Morgan fingerprint density at radius 3 is 1.33 bits per heavy atom. The van der Waals surface area contributed by atoms with E-state index in [0.717, 1.165) is 106 Å². The van der Waals surface area contributed by atoms with E-state index in [-0.39, 0.29) is 64.8 Å². The Morgan fingerprint density at radius 2 is 0.866 bits per heavy atom. The van der Waals surface area contributed by atoms with Gasteiger partial charge in [0, 0.05) is 91.5 Å². The first kappa shape index (κ1) is 61.7. The third-order valence-corrected chi connectivity index (χ3v) is 14.8. The SMILES string of the molecule is Cc1cc(C)c(N(c2cc(O)c(-c3cc(F)ccc3[OH+][C@@H](C)C[C@@H](C)[OH+]c3ccc(F)cc3-c3cc(C)cc(N(c4c(C)cc(C)cc4C)c4cccc5ccc(C)nc45)c3O)cc2C)c2cccc3ccc(C)nc23)c(C)c1.[CH3-].[CH3-].[Zr]. The van der Waals surface area contributed by atoms with E-state index in [9.17, 15) is 10.2 Å². The molecule has 10 rings (SSSR count). The van der Waals surface area contributed by atoms with Crippen LogP contribution in [0.1, 0.15) is 76.2 Å². The predicted molar refractivity (Wildman–Crippen MR) is 334 cm³/mol. The van der Waals surface area contributed by atoms with Crippen molar-refractivity contribution in [2.24, 2.45) is 0 Å². The molecule has 8 aromatic carbocycles. The minimum atomic E-state index is -0.465. The molecular weight excluding hydrogens is 1100 g/mol. The molecule has 2 atom stereocenters. The molecule has 0 aliphatic heterocycles. The molecule has 0 unspecified atom stereocenters. The van der Waals surface area contributed by atoms with E-state index in [2.05, 4.69) is 99.9 Å². The first-order valence-electron chi connectivity index (χ1n) is 26.9. The van der Waals surface area contributed by atoms with Gasteiger partial charge in [-0.15, -0.1) is 0 Å². The quantitative estimate of drug-likeness (QED) is 0.0831. The molecule has 0 aliphatic rings. The van der Waals surface area contributed by atoms with Crippen molar-refractivity contribution in [3.63, 3.8) is 0 Å². The number of hydrogen-bond acceptors (Lipinski definition) is 6. The predicted octanol–water partition coefficient (Wildman–Crippen LogP) is 19.1. The van der Waals surface area contributed by atoms with Crippen molar-refractivity contribution in [3.8, 4) is 45.3 Å². The van der Waals surface area contributed by atoms with E-state index < -0.39 is 11.6 Å². The molecule has 11 heteroatoms. The molecule has 8 nitrogen and oxygen atoms in total. The minimum absolute atomic E-state index is 0. The van der Waals surface area contributed by atoms with Crippen molar-refractivity contribution >= 4 is 55.9 Å².